The summed E-state index contributed by atoms with van der Waals surface area (Å²) < 4.78 is 0. The second kappa shape index (κ2) is 10.0. The van der Waals surface area contributed by atoms with Gasteiger partial charge < -0.3 is 10.4 Å². The maximum Gasteiger partial charge on any atom is 0.352 e. The van der Waals surface area contributed by atoms with Gasteiger partial charge in [-0.05, 0) is 41.5 Å². The zero-order chi connectivity index (χ0) is 22.8. The second-order valence-corrected chi connectivity index (χ2v) is 10.6. The lowest BCUT2D eigenvalue weighted by atomic mass is 10.0. The minimum Gasteiger partial charge on any atom is -0.477 e. The lowest BCUT2D eigenvalue weighted by molar-refractivity contribution is -0.148. The van der Waals surface area contributed by atoms with Crippen LogP contribution >= 0.6 is 58.9 Å². The van der Waals surface area contributed by atoms with Crippen LogP contribution in [0.15, 0.2) is 58.9 Å². The van der Waals surface area contributed by atoms with E-state index in [1.807, 2.05) is 12.1 Å². The van der Waals surface area contributed by atoms with Gasteiger partial charge in [-0.2, -0.15) is 0 Å². The number of hydrogen-bond acceptors (Lipinski definition) is 6. The van der Waals surface area contributed by atoms with Crippen molar-refractivity contribution in [1.29, 1.82) is 0 Å². The first kappa shape index (κ1) is 23.4. The average molecular weight is 526 g/mol. The molecule has 166 valence electrons. The summed E-state index contributed by atoms with van der Waals surface area (Å²) in [5.41, 5.74) is 1.56. The highest BCUT2D eigenvalue weighted by Crippen LogP contribution is 2.41. The molecule has 0 radical (unpaired) electrons. The van der Waals surface area contributed by atoms with E-state index in [9.17, 15) is 14.7 Å². The van der Waals surface area contributed by atoms with Crippen LogP contribution in [0.4, 0.5) is 0 Å². The number of aromatic nitrogens is 1. The standard InChI is InChI=1S/C21H17Cl2N3O3S3/c22-13-1-2-15(23)11(7-13)8-16(30)25-17-19(27)26-18(21(28)29)12(10-32-20(17)26)9-31-14-3-5-24-6-4-14/h1-7,17,20H,8-10H2,(H,25,30)(H,28,29)/t17-,20-/m1/s1. The number of rotatable bonds is 7. The van der Waals surface area contributed by atoms with E-state index in [0.717, 1.165) is 16.0 Å². The summed E-state index contributed by atoms with van der Waals surface area (Å²) in [5, 5.41) is 13.7. The van der Waals surface area contributed by atoms with Gasteiger partial charge in [0, 0.05) is 45.3 Å². The van der Waals surface area contributed by atoms with Crippen LogP contribution in [0, 0.1) is 0 Å². The van der Waals surface area contributed by atoms with Crippen LogP contribution in [0.2, 0.25) is 10.0 Å². The molecular formula is C21H17Cl2N3O3S3. The third-order valence-corrected chi connectivity index (χ3v) is 8.29. The highest BCUT2D eigenvalue weighted by atomic mass is 35.5. The van der Waals surface area contributed by atoms with E-state index < -0.39 is 12.0 Å². The number of benzene rings is 1. The summed E-state index contributed by atoms with van der Waals surface area (Å²) in [5.74, 6) is -0.385. The summed E-state index contributed by atoms with van der Waals surface area (Å²) in [7, 11) is 0. The molecule has 1 fully saturated rings. The molecular weight excluding hydrogens is 509 g/mol. The van der Waals surface area contributed by atoms with Crippen molar-refractivity contribution in [3.05, 3.63) is 69.6 Å². The normalized spacial score (nSPS) is 19.9. The molecule has 4 rings (SSSR count). The van der Waals surface area contributed by atoms with Gasteiger partial charge in [0.15, 0.2) is 0 Å². The largest absolute Gasteiger partial charge is 0.477 e. The number of carboxylic acid groups (broad SMARTS) is 1. The van der Waals surface area contributed by atoms with E-state index in [4.69, 9.17) is 35.4 Å². The van der Waals surface area contributed by atoms with E-state index in [-0.39, 0.29) is 17.0 Å². The number of nitrogens with zero attached hydrogens (tertiary/aromatic N) is 2. The number of nitrogens with one attached hydrogen (secondary N) is 1. The van der Waals surface area contributed by atoms with Gasteiger partial charge in [0.05, 0.1) is 4.99 Å². The number of carbonyl (C=O) groups is 2. The van der Waals surface area contributed by atoms with Crippen LogP contribution < -0.4 is 5.32 Å². The maximum atomic E-state index is 12.9. The Bertz CT molecular complexity index is 1110. The van der Waals surface area contributed by atoms with Gasteiger partial charge in [0.25, 0.3) is 5.91 Å². The number of aliphatic carboxylic acids is 1. The third-order valence-electron chi connectivity index (χ3n) is 4.99. The number of β-lactam (4-membered cyclic amide) rings is 1. The fourth-order valence-electron chi connectivity index (χ4n) is 3.48. The lowest BCUT2D eigenvalue weighted by Gasteiger charge is -2.49. The topological polar surface area (TPSA) is 82.5 Å². The van der Waals surface area contributed by atoms with Crippen LogP contribution in [0.5, 0.6) is 0 Å². The molecule has 1 aromatic carbocycles. The minimum absolute atomic E-state index is 0.0714. The molecule has 1 amide bonds. The summed E-state index contributed by atoms with van der Waals surface area (Å²) >= 11 is 20.7. The molecule has 0 aliphatic carbocycles. The van der Waals surface area contributed by atoms with Gasteiger partial charge in [-0.1, -0.05) is 35.4 Å². The number of halogens is 2. The molecule has 3 heterocycles. The van der Waals surface area contributed by atoms with Crippen molar-refractivity contribution in [3.63, 3.8) is 0 Å². The highest BCUT2D eigenvalue weighted by molar-refractivity contribution is 8.01. The number of thiocarbonyl (C=S) groups is 1. The fourth-order valence-corrected chi connectivity index (χ4v) is 6.51. The molecule has 2 aromatic rings. The number of hydrogen-bond donors (Lipinski definition) is 2. The Hall–Kier alpha value is -1.78. The van der Waals surface area contributed by atoms with Crippen molar-refractivity contribution in [2.24, 2.45) is 0 Å². The van der Waals surface area contributed by atoms with Crippen molar-refractivity contribution in [3.8, 4) is 0 Å². The Morgan fingerprint density at radius 2 is 2.06 bits per heavy atom. The van der Waals surface area contributed by atoms with Crippen LogP contribution in [0.1, 0.15) is 5.56 Å². The highest BCUT2D eigenvalue weighted by Gasteiger charge is 2.53. The molecule has 32 heavy (non-hydrogen) atoms. The molecule has 0 spiro atoms. The number of thioether (sulfide) groups is 2. The Morgan fingerprint density at radius 3 is 2.78 bits per heavy atom. The summed E-state index contributed by atoms with van der Waals surface area (Å²) in [4.78, 5) is 31.7. The molecule has 0 saturated carbocycles. The predicted octanol–water partition coefficient (Wildman–Crippen LogP) is 4.26. The van der Waals surface area contributed by atoms with Crippen molar-refractivity contribution in [1.82, 2.24) is 15.2 Å². The molecule has 11 heteroatoms. The predicted molar refractivity (Wildman–Crippen MR) is 132 cm³/mol. The summed E-state index contributed by atoms with van der Waals surface area (Å²) in [6, 6.07) is 8.29. The number of fused-ring (bicyclic) bond motifs is 1. The third kappa shape index (κ3) is 4.92. The molecule has 1 aromatic heterocycles. The zero-order valence-corrected chi connectivity index (χ0v) is 20.4. The zero-order valence-electron chi connectivity index (χ0n) is 16.5. The van der Waals surface area contributed by atoms with Gasteiger partial charge >= 0.3 is 5.97 Å². The monoisotopic (exact) mass is 525 g/mol. The van der Waals surface area contributed by atoms with E-state index in [1.54, 1.807) is 30.6 Å². The smallest absolute Gasteiger partial charge is 0.352 e. The van der Waals surface area contributed by atoms with Crippen molar-refractivity contribution in [2.45, 2.75) is 22.7 Å². The average Bonchev–Trinajstić information content (AvgIpc) is 2.78. The van der Waals surface area contributed by atoms with Gasteiger partial charge in [-0.3, -0.25) is 14.7 Å². The van der Waals surface area contributed by atoms with Crippen LogP contribution in [-0.2, 0) is 16.0 Å². The van der Waals surface area contributed by atoms with E-state index in [2.05, 4.69) is 10.3 Å². The van der Waals surface area contributed by atoms with Gasteiger partial charge in [-0.15, -0.1) is 23.5 Å². The quantitative estimate of drug-likeness (QED) is 0.315. The number of carbonyl (C=O) groups excluding carboxylic acids is 1. The van der Waals surface area contributed by atoms with Gasteiger partial charge in [-0.25, -0.2) is 4.79 Å². The van der Waals surface area contributed by atoms with E-state index >= 15 is 0 Å². The van der Waals surface area contributed by atoms with Crippen molar-refractivity contribution < 1.29 is 14.7 Å². The van der Waals surface area contributed by atoms with E-state index in [1.165, 1.54) is 28.4 Å². The first-order chi connectivity index (χ1) is 15.3. The molecule has 0 unspecified atom stereocenters. The molecule has 2 atom stereocenters. The Balaban J connectivity index is 1.44. The first-order valence-corrected chi connectivity index (χ1v) is 12.7. The fraction of sp³-hybridized carbons (Fsp3) is 0.238. The van der Waals surface area contributed by atoms with Crippen LogP contribution in [0.25, 0.3) is 0 Å². The van der Waals surface area contributed by atoms with Crippen LogP contribution in [-0.4, -0.2) is 54.8 Å². The molecule has 2 N–H and O–H groups in total. The Labute approximate surface area is 208 Å². The molecule has 1 saturated heterocycles. The molecule has 2 aliphatic rings. The van der Waals surface area contributed by atoms with Crippen molar-refractivity contribution in [2.75, 3.05) is 11.5 Å². The molecule has 6 nitrogen and oxygen atoms in total. The minimum atomic E-state index is -1.10. The Kier molecular flexibility index (Phi) is 7.31. The molecule has 0 bridgehead atoms. The SMILES string of the molecule is O=C(O)C1=C(CSc2ccncc2)CS[C@@H]2[C@H](NC(=S)Cc3cc(Cl)ccc3Cl)C(=O)N12. The molecule has 2 aliphatic heterocycles. The first-order valence-electron chi connectivity index (χ1n) is 9.51. The number of carboxylic acids is 1. The Morgan fingerprint density at radius 1 is 1.31 bits per heavy atom. The number of amides is 1. The number of pyridine rings is 1. The van der Waals surface area contributed by atoms with Gasteiger partial charge in [0.2, 0.25) is 0 Å². The van der Waals surface area contributed by atoms with Crippen molar-refractivity contribution >= 4 is 75.8 Å². The van der Waals surface area contributed by atoms with Gasteiger partial charge in [0.1, 0.15) is 17.1 Å². The van der Waals surface area contributed by atoms with E-state index in [0.29, 0.717) is 33.0 Å². The second-order valence-electron chi connectivity index (χ2n) is 7.10. The maximum absolute atomic E-state index is 12.9. The summed E-state index contributed by atoms with van der Waals surface area (Å²) in [6.45, 7) is 0. The lowest BCUT2D eigenvalue weighted by Crippen LogP contribution is -2.70. The van der Waals surface area contributed by atoms with Crippen LogP contribution in [0.3, 0.4) is 0 Å². The summed E-state index contributed by atoms with van der Waals surface area (Å²) in [6.07, 6.45) is 3.72.